The van der Waals surface area contributed by atoms with Crippen LogP contribution in [0.4, 0.5) is 0 Å². The third-order valence-electron chi connectivity index (χ3n) is 2.01. The van der Waals surface area contributed by atoms with Crippen molar-refractivity contribution >= 4 is 5.65 Å². The molecular formula is C10H9N3. The average Bonchev–Trinajstić information content (AvgIpc) is 2.49. The standard InChI is InChI=1S/C10H9N3/c1-8-3-2-4-10-12-9(5-6-11)7-13(8)10/h2-4,7H,5H2,1H3. The lowest BCUT2D eigenvalue weighted by molar-refractivity contribution is 1.09. The van der Waals surface area contributed by atoms with Crippen LogP contribution in [0, 0.1) is 18.3 Å². The van der Waals surface area contributed by atoms with Gasteiger partial charge in [-0.05, 0) is 19.1 Å². The lowest BCUT2D eigenvalue weighted by Gasteiger charge is -1.95. The summed E-state index contributed by atoms with van der Waals surface area (Å²) in [6.07, 6.45) is 2.29. The van der Waals surface area contributed by atoms with E-state index in [9.17, 15) is 0 Å². The topological polar surface area (TPSA) is 41.1 Å². The lowest BCUT2D eigenvalue weighted by Crippen LogP contribution is -1.86. The summed E-state index contributed by atoms with van der Waals surface area (Å²) in [5.74, 6) is 0. The predicted octanol–water partition coefficient (Wildman–Crippen LogP) is 1.71. The second kappa shape index (κ2) is 2.91. The largest absolute Gasteiger partial charge is 0.304 e. The van der Waals surface area contributed by atoms with E-state index in [1.807, 2.05) is 35.7 Å². The van der Waals surface area contributed by atoms with Crippen LogP contribution in [-0.2, 0) is 6.42 Å². The Hall–Kier alpha value is -1.82. The van der Waals surface area contributed by atoms with Crippen molar-refractivity contribution in [2.24, 2.45) is 0 Å². The number of hydrogen-bond acceptors (Lipinski definition) is 2. The zero-order valence-corrected chi connectivity index (χ0v) is 7.36. The maximum absolute atomic E-state index is 8.51. The molecule has 2 aromatic heterocycles. The minimum atomic E-state index is 0.376. The van der Waals surface area contributed by atoms with Crippen LogP contribution in [0.5, 0.6) is 0 Å². The Balaban J connectivity index is 2.63. The van der Waals surface area contributed by atoms with Gasteiger partial charge in [-0.15, -0.1) is 0 Å². The Labute approximate surface area is 76.3 Å². The van der Waals surface area contributed by atoms with Crippen LogP contribution >= 0.6 is 0 Å². The van der Waals surface area contributed by atoms with Gasteiger partial charge in [-0.2, -0.15) is 5.26 Å². The second-order valence-electron chi connectivity index (χ2n) is 2.96. The van der Waals surface area contributed by atoms with E-state index in [0.29, 0.717) is 6.42 Å². The van der Waals surface area contributed by atoms with Gasteiger partial charge in [0, 0.05) is 11.9 Å². The number of aryl methyl sites for hydroxylation is 1. The summed E-state index contributed by atoms with van der Waals surface area (Å²) in [6.45, 7) is 2.02. The molecule has 0 amide bonds. The summed E-state index contributed by atoms with van der Waals surface area (Å²) in [5.41, 5.74) is 2.87. The highest BCUT2D eigenvalue weighted by atomic mass is 15.0. The highest BCUT2D eigenvalue weighted by molar-refractivity contribution is 5.41. The van der Waals surface area contributed by atoms with Gasteiger partial charge >= 0.3 is 0 Å². The quantitative estimate of drug-likeness (QED) is 0.655. The summed E-state index contributed by atoms with van der Waals surface area (Å²) >= 11 is 0. The Bertz CT molecular complexity index is 476. The molecule has 0 bridgehead atoms. The van der Waals surface area contributed by atoms with E-state index in [1.54, 1.807) is 0 Å². The number of imidazole rings is 1. The number of aromatic nitrogens is 2. The zero-order chi connectivity index (χ0) is 9.26. The molecule has 0 saturated heterocycles. The predicted molar refractivity (Wildman–Crippen MR) is 49.2 cm³/mol. The summed E-state index contributed by atoms with van der Waals surface area (Å²) in [4.78, 5) is 4.30. The first-order valence-electron chi connectivity index (χ1n) is 4.12. The van der Waals surface area contributed by atoms with Crippen molar-refractivity contribution < 1.29 is 0 Å². The third-order valence-corrected chi connectivity index (χ3v) is 2.01. The van der Waals surface area contributed by atoms with Gasteiger partial charge in [-0.1, -0.05) is 6.07 Å². The molecule has 0 aromatic carbocycles. The van der Waals surface area contributed by atoms with E-state index in [0.717, 1.165) is 17.0 Å². The maximum Gasteiger partial charge on any atom is 0.137 e. The van der Waals surface area contributed by atoms with E-state index < -0.39 is 0 Å². The number of nitriles is 1. The Morgan fingerprint density at radius 1 is 1.54 bits per heavy atom. The minimum absolute atomic E-state index is 0.376. The molecule has 0 fully saturated rings. The van der Waals surface area contributed by atoms with Crippen LogP contribution in [0.1, 0.15) is 11.4 Å². The van der Waals surface area contributed by atoms with E-state index in [1.165, 1.54) is 0 Å². The van der Waals surface area contributed by atoms with Crippen LogP contribution in [0.25, 0.3) is 5.65 Å². The van der Waals surface area contributed by atoms with Crippen LogP contribution < -0.4 is 0 Å². The Kier molecular flexibility index (Phi) is 1.75. The summed E-state index contributed by atoms with van der Waals surface area (Å²) < 4.78 is 1.99. The molecule has 2 heterocycles. The molecule has 0 aliphatic rings. The Morgan fingerprint density at radius 2 is 2.38 bits per heavy atom. The molecule has 0 aliphatic heterocycles. The van der Waals surface area contributed by atoms with Crippen LogP contribution in [-0.4, -0.2) is 9.38 Å². The number of rotatable bonds is 1. The van der Waals surface area contributed by atoms with Gasteiger partial charge in [0.15, 0.2) is 0 Å². The van der Waals surface area contributed by atoms with Crippen LogP contribution in [0.15, 0.2) is 24.4 Å². The molecule has 0 unspecified atom stereocenters. The van der Waals surface area contributed by atoms with E-state index in [2.05, 4.69) is 11.1 Å². The molecule has 0 aliphatic carbocycles. The molecule has 0 N–H and O–H groups in total. The Morgan fingerprint density at radius 3 is 3.08 bits per heavy atom. The molecule has 0 spiro atoms. The van der Waals surface area contributed by atoms with Crippen molar-refractivity contribution in [1.29, 1.82) is 5.26 Å². The van der Waals surface area contributed by atoms with Crippen molar-refractivity contribution in [2.45, 2.75) is 13.3 Å². The van der Waals surface area contributed by atoms with E-state index >= 15 is 0 Å². The SMILES string of the molecule is Cc1cccc2nc(CC#N)cn12. The van der Waals surface area contributed by atoms with Crippen molar-refractivity contribution in [3.63, 3.8) is 0 Å². The van der Waals surface area contributed by atoms with Crippen molar-refractivity contribution in [3.8, 4) is 6.07 Å². The minimum Gasteiger partial charge on any atom is -0.304 e. The fraction of sp³-hybridized carbons (Fsp3) is 0.200. The van der Waals surface area contributed by atoms with Gasteiger partial charge in [-0.25, -0.2) is 4.98 Å². The van der Waals surface area contributed by atoms with E-state index in [4.69, 9.17) is 5.26 Å². The van der Waals surface area contributed by atoms with Crippen molar-refractivity contribution in [2.75, 3.05) is 0 Å². The fourth-order valence-electron chi connectivity index (χ4n) is 1.37. The van der Waals surface area contributed by atoms with Gasteiger partial charge in [0.2, 0.25) is 0 Å². The first-order valence-corrected chi connectivity index (χ1v) is 4.12. The normalized spacial score (nSPS) is 10.2. The zero-order valence-electron chi connectivity index (χ0n) is 7.36. The third kappa shape index (κ3) is 1.27. The number of hydrogen-bond donors (Lipinski definition) is 0. The summed E-state index contributed by atoms with van der Waals surface area (Å²) in [7, 11) is 0. The smallest absolute Gasteiger partial charge is 0.137 e. The molecule has 2 aromatic rings. The number of nitrogens with zero attached hydrogens (tertiary/aromatic N) is 3. The first kappa shape index (κ1) is 7.81. The number of fused-ring (bicyclic) bond motifs is 1. The average molecular weight is 171 g/mol. The van der Waals surface area contributed by atoms with Crippen molar-refractivity contribution in [3.05, 3.63) is 35.8 Å². The van der Waals surface area contributed by atoms with E-state index in [-0.39, 0.29) is 0 Å². The summed E-state index contributed by atoms with van der Waals surface area (Å²) in [6, 6.07) is 8.01. The van der Waals surface area contributed by atoms with Gasteiger partial charge in [0.05, 0.1) is 18.2 Å². The second-order valence-corrected chi connectivity index (χ2v) is 2.96. The highest BCUT2D eigenvalue weighted by Gasteiger charge is 2.01. The highest BCUT2D eigenvalue weighted by Crippen LogP contribution is 2.08. The molecular weight excluding hydrogens is 162 g/mol. The van der Waals surface area contributed by atoms with Gasteiger partial charge in [0.1, 0.15) is 5.65 Å². The molecule has 2 rings (SSSR count). The molecule has 3 nitrogen and oxygen atoms in total. The maximum atomic E-state index is 8.51. The van der Waals surface area contributed by atoms with Gasteiger partial charge in [0.25, 0.3) is 0 Å². The molecule has 13 heavy (non-hydrogen) atoms. The van der Waals surface area contributed by atoms with Crippen LogP contribution in [0.3, 0.4) is 0 Å². The summed E-state index contributed by atoms with van der Waals surface area (Å²) in [5, 5.41) is 8.51. The first-order chi connectivity index (χ1) is 6.31. The molecule has 64 valence electrons. The van der Waals surface area contributed by atoms with Gasteiger partial charge in [-0.3, -0.25) is 0 Å². The fourth-order valence-corrected chi connectivity index (χ4v) is 1.37. The molecule has 0 radical (unpaired) electrons. The monoisotopic (exact) mass is 171 g/mol. The van der Waals surface area contributed by atoms with Gasteiger partial charge < -0.3 is 4.40 Å². The molecule has 0 atom stereocenters. The lowest BCUT2D eigenvalue weighted by atomic mass is 10.3. The molecule has 0 saturated carbocycles. The van der Waals surface area contributed by atoms with Crippen molar-refractivity contribution in [1.82, 2.24) is 9.38 Å². The molecule has 3 heteroatoms. The number of pyridine rings is 1. The van der Waals surface area contributed by atoms with Crippen LogP contribution in [0.2, 0.25) is 0 Å².